The zero-order chi connectivity index (χ0) is 27.2. The van der Waals surface area contributed by atoms with Gasteiger partial charge >= 0.3 is 5.97 Å². The van der Waals surface area contributed by atoms with E-state index in [2.05, 4.69) is 32.3 Å². The van der Waals surface area contributed by atoms with Crippen LogP contribution >= 0.6 is 28.3 Å². The SMILES string of the molecule is COc1ccc(N(NC(=O)Cc2cc(OC)c(C(=O)O)cc2Br)c2c(C)cccc2N2CCCCC2)cc1.Cl. The monoisotopic (exact) mass is 617 g/mol. The van der Waals surface area contributed by atoms with Gasteiger partial charge in [0.15, 0.2) is 0 Å². The molecule has 4 rings (SSSR count). The molecule has 3 aromatic carbocycles. The minimum atomic E-state index is -1.10. The summed E-state index contributed by atoms with van der Waals surface area (Å²) in [5.74, 6) is -0.453. The summed E-state index contributed by atoms with van der Waals surface area (Å²) in [6.45, 7) is 3.96. The number of piperidine rings is 1. The Bertz CT molecular complexity index is 1310. The second kappa shape index (κ2) is 13.6. The van der Waals surface area contributed by atoms with Gasteiger partial charge in [0.1, 0.15) is 17.1 Å². The van der Waals surface area contributed by atoms with Crippen LogP contribution in [0.2, 0.25) is 0 Å². The topological polar surface area (TPSA) is 91.3 Å². The molecule has 1 heterocycles. The molecule has 0 saturated carbocycles. The van der Waals surface area contributed by atoms with E-state index in [-0.39, 0.29) is 36.0 Å². The fraction of sp³-hybridized carbons (Fsp3) is 0.310. The van der Waals surface area contributed by atoms with Gasteiger partial charge in [0.05, 0.1) is 37.7 Å². The van der Waals surface area contributed by atoms with Crippen LogP contribution < -0.4 is 24.8 Å². The van der Waals surface area contributed by atoms with Gasteiger partial charge in [0.2, 0.25) is 5.91 Å². The van der Waals surface area contributed by atoms with Crippen LogP contribution in [0.5, 0.6) is 11.5 Å². The standard InChI is InChI=1S/C29H32BrN3O5.ClH/c1-19-8-7-9-25(32-14-5-4-6-15-32)28(19)33(21-10-12-22(37-2)13-11-21)31-27(34)17-20-16-26(38-3)23(29(35)36)18-24(20)30;/h7-13,16,18H,4-6,14-15,17H2,1-3H3,(H,31,34)(H,35,36);1H. The Morgan fingerprint density at radius 1 is 1.03 bits per heavy atom. The van der Waals surface area contributed by atoms with Crippen LogP contribution in [0, 0.1) is 6.92 Å². The summed E-state index contributed by atoms with van der Waals surface area (Å²) in [5, 5.41) is 11.3. The number of benzene rings is 3. The number of hydrogen-bond donors (Lipinski definition) is 2. The minimum Gasteiger partial charge on any atom is -0.497 e. The number of carboxylic acid groups (broad SMARTS) is 1. The summed E-state index contributed by atoms with van der Waals surface area (Å²) in [6, 6.07) is 16.8. The van der Waals surface area contributed by atoms with E-state index in [9.17, 15) is 14.7 Å². The molecule has 1 fully saturated rings. The molecular weight excluding hydrogens is 586 g/mol. The predicted molar refractivity (Wildman–Crippen MR) is 159 cm³/mol. The first-order valence-corrected chi connectivity index (χ1v) is 13.3. The Hall–Kier alpha value is -3.43. The van der Waals surface area contributed by atoms with E-state index in [0.29, 0.717) is 10.0 Å². The molecule has 8 nitrogen and oxygen atoms in total. The van der Waals surface area contributed by atoms with Gasteiger partial charge in [0.25, 0.3) is 0 Å². The lowest BCUT2D eigenvalue weighted by atomic mass is 10.1. The van der Waals surface area contributed by atoms with E-state index in [0.717, 1.165) is 54.3 Å². The molecule has 0 spiro atoms. The van der Waals surface area contributed by atoms with Crippen LogP contribution in [-0.4, -0.2) is 44.3 Å². The average molecular weight is 619 g/mol. The third kappa shape index (κ3) is 6.96. The number of amides is 1. The van der Waals surface area contributed by atoms with Crippen molar-refractivity contribution in [1.82, 2.24) is 5.43 Å². The summed E-state index contributed by atoms with van der Waals surface area (Å²) < 4.78 is 11.1. The summed E-state index contributed by atoms with van der Waals surface area (Å²) in [5.41, 5.74) is 7.52. The smallest absolute Gasteiger partial charge is 0.339 e. The normalized spacial score (nSPS) is 12.8. The maximum Gasteiger partial charge on any atom is 0.339 e. The van der Waals surface area contributed by atoms with Crippen molar-refractivity contribution < 1.29 is 24.2 Å². The second-order valence-corrected chi connectivity index (χ2v) is 10.0. The number of carboxylic acids is 1. The first-order chi connectivity index (χ1) is 18.3. The molecule has 208 valence electrons. The van der Waals surface area contributed by atoms with Crippen molar-refractivity contribution >= 4 is 57.3 Å². The summed E-state index contributed by atoms with van der Waals surface area (Å²) in [6.07, 6.45) is 3.49. The molecule has 0 atom stereocenters. The van der Waals surface area contributed by atoms with E-state index in [1.54, 1.807) is 13.2 Å². The lowest BCUT2D eigenvalue weighted by molar-refractivity contribution is -0.120. The van der Waals surface area contributed by atoms with Crippen molar-refractivity contribution in [2.75, 3.05) is 37.2 Å². The molecule has 1 aliphatic rings. The van der Waals surface area contributed by atoms with Crippen LogP contribution in [0.4, 0.5) is 17.1 Å². The van der Waals surface area contributed by atoms with Crippen LogP contribution in [0.25, 0.3) is 0 Å². The Morgan fingerprint density at radius 3 is 2.33 bits per heavy atom. The Labute approximate surface area is 243 Å². The molecule has 2 N–H and O–H groups in total. The van der Waals surface area contributed by atoms with Gasteiger partial charge in [-0.05, 0) is 79.8 Å². The number of para-hydroxylation sites is 1. The van der Waals surface area contributed by atoms with Crippen molar-refractivity contribution in [2.45, 2.75) is 32.6 Å². The zero-order valence-electron chi connectivity index (χ0n) is 22.2. The molecule has 0 bridgehead atoms. The van der Waals surface area contributed by atoms with Gasteiger partial charge in [-0.25, -0.2) is 4.79 Å². The van der Waals surface area contributed by atoms with Crippen molar-refractivity contribution in [2.24, 2.45) is 0 Å². The molecule has 0 radical (unpaired) electrons. The van der Waals surface area contributed by atoms with Gasteiger partial charge in [-0.15, -0.1) is 12.4 Å². The largest absolute Gasteiger partial charge is 0.497 e. The molecule has 10 heteroatoms. The Kier molecular flexibility index (Phi) is 10.5. The number of hydrogen-bond acceptors (Lipinski definition) is 6. The van der Waals surface area contributed by atoms with Crippen LogP contribution in [0.1, 0.15) is 40.7 Å². The van der Waals surface area contributed by atoms with Gasteiger partial charge in [-0.3, -0.25) is 15.2 Å². The number of aryl methyl sites for hydroxylation is 1. The number of anilines is 3. The summed E-state index contributed by atoms with van der Waals surface area (Å²) in [4.78, 5) is 27.4. The number of nitrogens with zero attached hydrogens (tertiary/aromatic N) is 2. The number of aromatic carboxylic acids is 1. The first-order valence-electron chi connectivity index (χ1n) is 12.5. The highest BCUT2D eigenvalue weighted by Crippen LogP contribution is 2.38. The van der Waals surface area contributed by atoms with Crippen molar-refractivity contribution in [3.05, 3.63) is 75.8 Å². The number of nitrogens with one attached hydrogen (secondary N) is 1. The lowest BCUT2D eigenvalue weighted by Gasteiger charge is -2.35. The maximum absolute atomic E-state index is 13.5. The molecule has 3 aromatic rings. The molecule has 1 saturated heterocycles. The van der Waals surface area contributed by atoms with Crippen LogP contribution in [0.15, 0.2) is 59.1 Å². The van der Waals surface area contributed by atoms with Crippen molar-refractivity contribution in [1.29, 1.82) is 0 Å². The van der Waals surface area contributed by atoms with Crippen molar-refractivity contribution in [3.8, 4) is 11.5 Å². The average Bonchev–Trinajstić information content (AvgIpc) is 2.93. The quantitative estimate of drug-likeness (QED) is 0.272. The van der Waals surface area contributed by atoms with Gasteiger partial charge < -0.3 is 19.5 Å². The second-order valence-electron chi connectivity index (χ2n) is 9.18. The fourth-order valence-electron chi connectivity index (χ4n) is 4.71. The van der Waals surface area contributed by atoms with E-state index in [1.807, 2.05) is 48.3 Å². The number of methoxy groups -OCH3 is 2. The first kappa shape index (κ1) is 30.1. The third-order valence-corrected chi connectivity index (χ3v) is 7.39. The number of halogens is 2. The lowest BCUT2D eigenvalue weighted by Crippen LogP contribution is -2.41. The predicted octanol–water partition coefficient (Wildman–Crippen LogP) is 6.30. The number of ether oxygens (including phenoxy) is 2. The van der Waals surface area contributed by atoms with Crippen LogP contribution in [-0.2, 0) is 11.2 Å². The highest BCUT2D eigenvalue weighted by atomic mass is 79.9. The Morgan fingerprint density at radius 2 is 1.72 bits per heavy atom. The van der Waals surface area contributed by atoms with E-state index in [1.165, 1.54) is 19.6 Å². The van der Waals surface area contributed by atoms with Crippen LogP contribution in [0.3, 0.4) is 0 Å². The van der Waals surface area contributed by atoms with Crippen molar-refractivity contribution in [3.63, 3.8) is 0 Å². The summed E-state index contributed by atoms with van der Waals surface area (Å²) >= 11 is 3.42. The van der Waals surface area contributed by atoms with E-state index in [4.69, 9.17) is 9.47 Å². The molecule has 1 aliphatic heterocycles. The highest BCUT2D eigenvalue weighted by molar-refractivity contribution is 9.10. The minimum absolute atomic E-state index is 0. The van der Waals surface area contributed by atoms with E-state index < -0.39 is 5.97 Å². The molecule has 0 aliphatic carbocycles. The van der Waals surface area contributed by atoms with E-state index >= 15 is 0 Å². The number of rotatable bonds is 9. The summed E-state index contributed by atoms with van der Waals surface area (Å²) in [7, 11) is 3.03. The maximum atomic E-state index is 13.5. The number of carbonyl (C=O) groups is 2. The fourth-order valence-corrected chi connectivity index (χ4v) is 5.19. The zero-order valence-corrected chi connectivity index (χ0v) is 24.6. The van der Waals surface area contributed by atoms with Gasteiger partial charge in [0, 0.05) is 17.6 Å². The van der Waals surface area contributed by atoms with Gasteiger partial charge in [-0.1, -0.05) is 28.1 Å². The number of hydrazine groups is 1. The molecule has 39 heavy (non-hydrogen) atoms. The molecule has 1 amide bonds. The number of carbonyl (C=O) groups excluding carboxylic acids is 1. The molecule has 0 unspecified atom stereocenters. The third-order valence-electron chi connectivity index (χ3n) is 6.65. The van der Waals surface area contributed by atoms with Gasteiger partial charge in [-0.2, -0.15) is 0 Å². The molecular formula is C29H33BrClN3O5. The molecule has 0 aromatic heterocycles. The highest BCUT2D eigenvalue weighted by Gasteiger charge is 2.24. The Balaban J connectivity index is 0.00000420.